The van der Waals surface area contributed by atoms with Crippen LogP contribution < -0.4 is 5.32 Å². The SMILES string of the molecule is CC(NC(=O)c1cc(-c2ccc(Cl)cc2)n[nH]1)C1CC2CCC1C2. The third kappa shape index (κ3) is 2.95. The summed E-state index contributed by atoms with van der Waals surface area (Å²) in [7, 11) is 0. The molecule has 2 saturated carbocycles. The number of halogens is 1. The fourth-order valence-corrected chi connectivity index (χ4v) is 4.63. The fraction of sp³-hybridized carbons (Fsp3) is 0.474. The number of aromatic nitrogens is 2. The van der Waals surface area contributed by atoms with E-state index in [0.717, 1.165) is 23.1 Å². The number of nitrogens with zero attached hydrogens (tertiary/aromatic N) is 1. The monoisotopic (exact) mass is 343 g/mol. The van der Waals surface area contributed by atoms with Crippen molar-refractivity contribution in [3.8, 4) is 11.3 Å². The van der Waals surface area contributed by atoms with Gasteiger partial charge < -0.3 is 5.32 Å². The van der Waals surface area contributed by atoms with Crippen LogP contribution in [0.1, 0.15) is 43.1 Å². The Morgan fingerprint density at radius 2 is 2.08 bits per heavy atom. The first kappa shape index (κ1) is 15.7. The second-order valence-electron chi connectivity index (χ2n) is 7.27. The van der Waals surface area contributed by atoms with E-state index < -0.39 is 0 Å². The van der Waals surface area contributed by atoms with E-state index in [4.69, 9.17) is 11.6 Å². The van der Waals surface area contributed by atoms with Gasteiger partial charge in [0, 0.05) is 16.6 Å². The number of hydrogen-bond donors (Lipinski definition) is 2. The zero-order valence-corrected chi connectivity index (χ0v) is 14.5. The maximum Gasteiger partial charge on any atom is 0.269 e. The molecule has 0 aliphatic heterocycles. The molecule has 0 spiro atoms. The van der Waals surface area contributed by atoms with Crippen LogP contribution in [0.5, 0.6) is 0 Å². The van der Waals surface area contributed by atoms with E-state index >= 15 is 0 Å². The zero-order chi connectivity index (χ0) is 16.7. The molecule has 1 aromatic heterocycles. The molecule has 1 amide bonds. The Morgan fingerprint density at radius 3 is 2.75 bits per heavy atom. The minimum Gasteiger partial charge on any atom is -0.348 e. The lowest BCUT2D eigenvalue weighted by molar-refractivity contribution is 0.0910. The standard InChI is InChI=1S/C19H22ClN3O/c1-11(16-9-12-2-3-14(16)8-12)21-19(24)18-10-17(22-23-18)13-4-6-15(20)7-5-13/h4-7,10-12,14,16H,2-3,8-9H2,1H3,(H,21,24)(H,22,23). The maximum atomic E-state index is 12.5. The van der Waals surface area contributed by atoms with Gasteiger partial charge in [-0.1, -0.05) is 30.2 Å². The topological polar surface area (TPSA) is 57.8 Å². The van der Waals surface area contributed by atoms with Crippen LogP contribution in [0.25, 0.3) is 11.3 Å². The molecular formula is C19H22ClN3O. The molecule has 0 saturated heterocycles. The second kappa shape index (κ2) is 6.25. The van der Waals surface area contributed by atoms with E-state index in [1.807, 2.05) is 24.3 Å². The summed E-state index contributed by atoms with van der Waals surface area (Å²) < 4.78 is 0. The normalized spacial score (nSPS) is 26.5. The predicted octanol–water partition coefficient (Wildman–Crippen LogP) is 4.28. The van der Waals surface area contributed by atoms with Gasteiger partial charge in [-0.3, -0.25) is 9.89 Å². The highest BCUT2D eigenvalue weighted by atomic mass is 35.5. The van der Waals surface area contributed by atoms with Crippen LogP contribution >= 0.6 is 11.6 Å². The molecule has 2 fully saturated rings. The van der Waals surface area contributed by atoms with Crippen LogP contribution in [0.2, 0.25) is 5.02 Å². The van der Waals surface area contributed by atoms with Crippen molar-refractivity contribution in [1.29, 1.82) is 0 Å². The Hall–Kier alpha value is -1.81. The summed E-state index contributed by atoms with van der Waals surface area (Å²) in [6, 6.07) is 9.46. The first-order valence-corrected chi connectivity index (χ1v) is 9.10. The Balaban J connectivity index is 1.42. The summed E-state index contributed by atoms with van der Waals surface area (Å²) in [4.78, 5) is 12.5. The summed E-state index contributed by atoms with van der Waals surface area (Å²) in [6.07, 6.45) is 5.34. The number of H-pyrrole nitrogens is 1. The van der Waals surface area contributed by atoms with Crippen molar-refractivity contribution in [3.05, 3.63) is 41.0 Å². The summed E-state index contributed by atoms with van der Waals surface area (Å²) in [5.74, 6) is 2.25. The average molecular weight is 344 g/mol. The highest BCUT2D eigenvalue weighted by molar-refractivity contribution is 6.30. The van der Waals surface area contributed by atoms with Gasteiger partial charge in [-0.25, -0.2) is 0 Å². The van der Waals surface area contributed by atoms with Crippen LogP contribution in [0.3, 0.4) is 0 Å². The highest BCUT2D eigenvalue weighted by Crippen LogP contribution is 2.49. The first-order valence-electron chi connectivity index (χ1n) is 8.72. The lowest BCUT2D eigenvalue weighted by atomic mass is 9.84. The van der Waals surface area contributed by atoms with Crippen LogP contribution in [0.15, 0.2) is 30.3 Å². The van der Waals surface area contributed by atoms with Crippen molar-refractivity contribution in [2.45, 2.75) is 38.6 Å². The number of aromatic amines is 1. The smallest absolute Gasteiger partial charge is 0.269 e. The molecular weight excluding hydrogens is 322 g/mol. The number of amides is 1. The fourth-order valence-electron chi connectivity index (χ4n) is 4.50. The number of fused-ring (bicyclic) bond motifs is 2. The number of rotatable bonds is 4. The summed E-state index contributed by atoms with van der Waals surface area (Å²) in [5, 5.41) is 11.0. The minimum absolute atomic E-state index is 0.0713. The van der Waals surface area contributed by atoms with Crippen molar-refractivity contribution < 1.29 is 4.79 Å². The van der Waals surface area contributed by atoms with Gasteiger partial charge in [0.2, 0.25) is 0 Å². The lowest BCUT2D eigenvalue weighted by Gasteiger charge is -2.28. The minimum atomic E-state index is -0.0713. The average Bonchev–Trinajstić information content (AvgIpc) is 3.31. The molecule has 24 heavy (non-hydrogen) atoms. The summed E-state index contributed by atoms with van der Waals surface area (Å²) in [5.41, 5.74) is 2.20. The Bertz CT molecular complexity index is 739. The van der Waals surface area contributed by atoms with E-state index in [1.165, 1.54) is 25.7 Å². The summed E-state index contributed by atoms with van der Waals surface area (Å²) >= 11 is 5.91. The molecule has 126 valence electrons. The molecule has 2 aliphatic carbocycles. The first-order chi connectivity index (χ1) is 11.6. The lowest BCUT2D eigenvalue weighted by Crippen LogP contribution is -2.40. The van der Waals surface area contributed by atoms with Crippen molar-refractivity contribution in [1.82, 2.24) is 15.5 Å². The molecule has 4 unspecified atom stereocenters. The van der Waals surface area contributed by atoms with Crippen molar-refractivity contribution in [2.24, 2.45) is 17.8 Å². The number of carbonyl (C=O) groups excluding carboxylic acids is 1. The van der Waals surface area contributed by atoms with E-state index in [1.54, 1.807) is 6.07 Å². The van der Waals surface area contributed by atoms with Crippen LogP contribution in [-0.4, -0.2) is 22.1 Å². The highest BCUT2D eigenvalue weighted by Gasteiger charge is 2.42. The molecule has 2 N–H and O–H groups in total. The van der Waals surface area contributed by atoms with Crippen molar-refractivity contribution in [2.75, 3.05) is 0 Å². The predicted molar refractivity (Wildman–Crippen MR) is 94.9 cm³/mol. The van der Waals surface area contributed by atoms with E-state index in [0.29, 0.717) is 16.6 Å². The third-order valence-electron chi connectivity index (χ3n) is 5.76. The van der Waals surface area contributed by atoms with Gasteiger partial charge in [0.1, 0.15) is 5.69 Å². The van der Waals surface area contributed by atoms with E-state index in [2.05, 4.69) is 22.4 Å². The van der Waals surface area contributed by atoms with Gasteiger partial charge >= 0.3 is 0 Å². The maximum absolute atomic E-state index is 12.5. The molecule has 5 heteroatoms. The quantitative estimate of drug-likeness (QED) is 0.870. The number of nitrogens with one attached hydrogen (secondary N) is 2. The molecule has 0 radical (unpaired) electrons. The van der Waals surface area contributed by atoms with Crippen molar-refractivity contribution >= 4 is 17.5 Å². The van der Waals surface area contributed by atoms with Gasteiger partial charge in [0.15, 0.2) is 0 Å². The molecule has 1 heterocycles. The molecule has 2 aromatic rings. The zero-order valence-electron chi connectivity index (χ0n) is 13.8. The van der Waals surface area contributed by atoms with E-state index in [-0.39, 0.29) is 11.9 Å². The molecule has 4 atom stereocenters. The van der Waals surface area contributed by atoms with Crippen molar-refractivity contribution in [3.63, 3.8) is 0 Å². The van der Waals surface area contributed by atoms with Crippen LogP contribution in [0.4, 0.5) is 0 Å². The Labute approximate surface area is 147 Å². The molecule has 4 nitrogen and oxygen atoms in total. The number of carbonyl (C=O) groups is 1. The molecule has 2 bridgehead atoms. The second-order valence-corrected chi connectivity index (χ2v) is 7.71. The summed E-state index contributed by atoms with van der Waals surface area (Å²) in [6.45, 7) is 2.14. The molecule has 4 rings (SSSR count). The van der Waals surface area contributed by atoms with Crippen LogP contribution in [0, 0.1) is 17.8 Å². The molecule has 1 aromatic carbocycles. The van der Waals surface area contributed by atoms with Gasteiger partial charge in [0.05, 0.1) is 5.69 Å². The van der Waals surface area contributed by atoms with Gasteiger partial charge in [-0.2, -0.15) is 5.10 Å². The largest absolute Gasteiger partial charge is 0.348 e. The van der Waals surface area contributed by atoms with E-state index in [9.17, 15) is 4.79 Å². The third-order valence-corrected chi connectivity index (χ3v) is 6.01. The van der Waals surface area contributed by atoms with Gasteiger partial charge in [-0.05, 0) is 62.1 Å². The molecule has 2 aliphatic rings. The van der Waals surface area contributed by atoms with Gasteiger partial charge in [0.25, 0.3) is 5.91 Å². The Morgan fingerprint density at radius 1 is 1.29 bits per heavy atom. The Kier molecular flexibility index (Phi) is 4.09. The van der Waals surface area contributed by atoms with Gasteiger partial charge in [-0.15, -0.1) is 0 Å². The number of benzene rings is 1. The number of hydrogen-bond acceptors (Lipinski definition) is 2. The van der Waals surface area contributed by atoms with Crippen LogP contribution in [-0.2, 0) is 0 Å².